The lowest BCUT2D eigenvalue weighted by Gasteiger charge is -2.03. The van der Waals surface area contributed by atoms with E-state index in [1.165, 1.54) is 18.6 Å². The van der Waals surface area contributed by atoms with Gasteiger partial charge in [-0.05, 0) is 0 Å². The molecule has 0 aromatic heterocycles. The van der Waals surface area contributed by atoms with E-state index in [9.17, 15) is 13.2 Å². The van der Waals surface area contributed by atoms with Crippen molar-refractivity contribution in [2.45, 2.75) is 40.3 Å². The Morgan fingerprint density at radius 1 is 0.933 bits per heavy atom. The van der Waals surface area contributed by atoms with Gasteiger partial charge in [-0.15, -0.1) is 0 Å². The van der Waals surface area contributed by atoms with Gasteiger partial charge in [0.15, 0.2) is 0 Å². The SMILES string of the molecule is CC.CCC.FC(F)(F)c1ccccc1. The first-order valence-electron chi connectivity index (χ1n) is 5.14. The molecule has 1 aromatic carbocycles. The smallest absolute Gasteiger partial charge is 0.166 e. The van der Waals surface area contributed by atoms with Crippen LogP contribution < -0.4 is 0 Å². The van der Waals surface area contributed by atoms with Crippen molar-refractivity contribution in [2.75, 3.05) is 0 Å². The van der Waals surface area contributed by atoms with Crippen molar-refractivity contribution in [2.24, 2.45) is 0 Å². The summed E-state index contributed by atoms with van der Waals surface area (Å²) in [6.07, 6.45) is -2.96. The highest BCUT2D eigenvalue weighted by Crippen LogP contribution is 2.28. The van der Waals surface area contributed by atoms with Gasteiger partial charge in [-0.3, -0.25) is 0 Å². The summed E-state index contributed by atoms with van der Waals surface area (Å²) in [6.45, 7) is 8.25. The van der Waals surface area contributed by atoms with Crippen LogP contribution in [0.3, 0.4) is 0 Å². The van der Waals surface area contributed by atoms with Crippen LogP contribution in [0.2, 0.25) is 0 Å². The lowest BCUT2D eigenvalue weighted by atomic mass is 10.2. The second kappa shape index (κ2) is 9.56. The molecule has 0 heterocycles. The molecule has 0 radical (unpaired) electrons. The maximum Gasteiger partial charge on any atom is 0.416 e. The van der Waals surface area contributed by atoms with Gasteiger partial charge in [0.1, 0.15) is 0 Å². The van der Waals surface area contributed by atoms with Gasteiger partial charge in [0.25, 0.3) is 0 Å². The van der Waals surface area contributed by atoms with E-state index in [0.717, 1.165) is 12.1 Å². The molecule has 88 valence electrons. The summed E-state index contributed by atoms with van der Waals surface area (Å²) >= 11 is 0. The van der Waals surface area contributed by atoms with E-state index in [4.69, 9.17) is 0 Å². The molecule has 0 aliphatic heterocycles. The Labute approximate surface area is 90.1 Å². The number of halogens is 3. The van der Waals surface area contributed by atoms with E-state index in [1.54, 1.807) is 6.07 Å². The summed E-state index contributed by atoms with van der Waals surface area (Å²) in [7, 11) is 0. The van der Waals surface area contributed by atoms with Crippen LogP contribution in [0.15, 0.2) is 30.3 Å². The van der Waals surface area contributed by atoms with Crippen molar-refractivity contribution < 1.29 is 13.2 Å². The molecule has 0 bridgehead atoms. The normalized spacial score (nSPS) is 9.27. The Kier molecular flexibility index (Phi) is 10.5. The lowest BCUT2D eigenvalue weighted by molar-refractivity contribution is -0.137. The van der Waals surface area contributed by atoms with Gasteiger partial charge < -0.3 is 0 Å². The zero-order chi connectivity index (χ0) is 12.3. The summed E-state index contributed by atoms with van der Waals surface area (Å²) in [5.74, 6) is 0. The van der Waals surface area contributed by atoms with E-state index in [2.05, 4.69) is 13.8 Å². The largest absolute Gasteiger partial charge is 0.416 e. The third kappa shape index (κ3) is 9.32. The van der Waals surface area contributed by atoms with Crippen LogP contribution in [0.1, 0.15) is 39.7 Å². The summed E-state index contributed by atoms with van der Waals surface area (Å²) < 4.78 is 35.4. The molecule has 0 N–H and O–H groups in total. The summed E-state index contributed by atoms with van der Waals surface area (Å²) in [4.78, 5) is 0. The Hall–Kier alpha value is -0.990. The quantitative estimate of drug-likeness (QED) is 0.567. The van der Waals surface area contributed by atoms with Gasteiger partial charge in [0.05, 0.1) is 5.56 Å². The Morgan fingerprint density at radius 2 is 1.27 bits per heavy atom. The fourth-order valence-corrected chi connectivity index (χ4v) is 0.627. The van der Waals surface area contributed by atoms with Crippen molar-refractivity contribution in [1.29, 1.82) is 0 Å². The maximum absolute atomic E-state index is 11.8. The minimum atomic E-state index is -4.21. The Bertz CT molecular complexity index is 214. The number of benzene rings is 1. The van der Waals surface area contributed by atoms with Gasteiger partial charge in [-0.25, -0.2) is 0 Å². The topological polar surface area (TPSA) is 0 Å². The van der Waals surface area contributed by atoms with Crippen LogP contribution in [0.25, 0.3) is 0 Å². The molecule has 0 spiro atoms. The first-order chi connectivity index (χ1) is 7.02. The molecule has 0 nitrogen and oxygen atoms in total. The number of hydrogen-bond acceptors (Lipinski definition) is 0. The van der Waals surface area contributed by atoms with E-state index < -0.39 is 11.7 Å². The molecule has 0 aliphatic carbocycles. The van der Waals surface area contributed by atoms with Crippen LogP contribution >= 0.6 is 0 Å². The van der Waals surface area contributed by atoms with Crippen molar-refractivity contribution in [3.05, 3.63) is 35.9 Å². The highest BCUT2D eigenvalue weighted by Gasteiger charge is 2.29. The molecule has 0 amide bonds. The maximum atomic E-state index is 11.8. The molecular weight excluding hydrogens is 201 g/mol. The van der Waals surface area contributed by atoms with E-state index in [-0.39, 0.29) is 0 Å². The van der Waals surface area contributed by atoms with E-state index in [1.807, 2.05) is 13.8 Å². The molecule has 0 saturated carbocycles. The van der Waals surface area contributed by atoms with E-state index >= 15 is 0 Å². The molecule has 15 heavy (non-hydrogen) atoms. The van der Waals surface area contributed by atoms with Gasteiger partial charge in [0.2, 0.25) is 0 Å². The average Bonchev–Trinajstić information content (AvgIpc) is 2.22. The second-order valence-electron chi connectivity index (χ2n) is 2.57. The highest BCUT2D eigenvalue weighted by molar-refractivity contribution is 5.17. The highest BCUT2D eigenvalue weighted by atomic mass is 19.4. The molecular formula is C12H19F3. The average molecular weight is 220 g/mol. The fourth-order valence-electron chi connectivity index (χ4n) is 0.627. The first kappa shape index (κ1) is 16.4. The van der Waals surface area contributed by atoms with Crippen LogP contribution in [0, 0.1) is 0 Å². The van der Waals surface area contributed by atoms with Crippen LogP contribution in [0.5, 0.6) is 0 Å². The van der Waals surface area contributed by atoms with Crippen molar-refractivity contribution in [3.63, 3.8) is 0 Å². The molecule has 3 heteroatoms. The second-order valence-corrected chi connectivity index (χ2v) is 2.57. The minimum absolute atomic E-state index is 0.602. The zero-order valence-corrected chi connectivity index (χ0v) is 9.73. The Morgan fingerprint density at radius 3 is 1.47 bits per heavy atom. The predicted molar refractivity (Wildman–Crippen MR) is 58.8 cm³/mol. The van der Waals surface area contributed by atoms with Crippen molar-refractivity contribution in [3.8, 4) is 0 Å². The zero-order valence-electron chi connectivity index (χ0n) is 9.73. The van der Waals surface area contributed by atoms with Crippen molar-refractivity contribution in [1.82, 2.24) is 0 Å². The van der Waals surface area contributed by atoms with Crippen LogP contribution in [-0.2, 0) is 6.18 Å². The fraction of sp³-hybridized carbons (Fsp3) is 0.500. The third-order valence-corrected chi connectivity index (χ3v) is 1.10. The standard InChI is InChI=1S/C7H5F3.C3H8.C2H6/c8-7(9,10)6-4-2-1-3-5-6;1-3-2;1-2/h1-5H;3H2,1-2H3;1-2H3. The summed E-state index contributed by atoms with van der Waals surface area (Å²) in [5.41, 5.74) is -0.602. The number of hydrogen-bond donors (Lipinski definition) is 0. The lowest BCUT2D eigenvalue weighted by Crippen LogP contribution is -2.03. The first-order valence-corrected chi connectivity index (χ1v) is 5.14. The molecule has 1 rings (SSSR count). The van der Waals surface area contributed by atoms with Gasteiger partial charge in [-0.2, -0.15) is 13.2 Å². The van der Waals surface area contributed by atoms with Crippen molar-refractivity contribution >= 4 is 0 Å². The number of alkyl halides is 3. The summed E-state index contributed by atoms with van der Waals surface area (Å²) in [5, 5.41) is 0. The van der Waals surface area contributed by atoms with Crippen LogP contribution in [-0.4, -0.2) is 0 Å². The Balaban J connectivity index is 0. The number of rotatable bonds is 0. The molecule has 0 aliphatic rings. The molecule has 0 saturated heterocycles. The minimum Gasteiger partial charge on any atom is -0.166 e. The van der Waals surface area contributed by atoms with Crippen LogP contribution in [0.4, 0.5) is 13.2 Å². The molecule has 0 atom stereocenters. The predicted octanol–water partition coefficient (Wildman–Crippen LogP) is 5.15. The van der Waals surface area contributed by atoms with Gasteiger partial charge in [-0.1, -0.05) is 64.4 Å². The summed E-state index contributed by atoms with van der Waals surface area (Å²) in [6, 6.07) is 6.36. The van der Waals surface area contributed by atoms with E-state index in [0.29, 0.717) is 0 Å². The molecule has 0 fully saturated rings. The monoisotopic (exact) mass is 220 g/mol. The molecule has 1 aromatic rings. The van der Waals surface area contributed by atoms with Gasteiger partial charge in [0, 0.05) is 0 Å². The molecule has 0 unspecified atom stereocenters. The van der Waals surface area contributed by atoms with Gasteiger partial charge >= 0.3 is 6.18 Å². The third-order valence-electron chi connectivity index (χ3n) is 1.10.